The zero-order valence-electron chi connectivity index (χ0n) is 11.1. The van der Waals surface area contributed by atoms with Crippen molar-refractivity contribution in [1.82, 2.24) is 10.2 Å². The number of nitrogens with two attached hydrogens (primary N) is 1. The molecular formula is C8H19N3O6S2. The third kappa shape index (κ3) is 19.5. The van der Waals surface area contributed by atoms with Gasteiger partial charge in [-0.1, -0.05) is 0 Å². The van der Waals surface area contributed by atoms with Crippen molar-refractivity contribution in [3.05, 3.63) is 17.0 Å². The van der Waals surface area contributed by atoms with E-state index in [2.05, 4.69) is 10.2 Å². The molecule has 0 radical (unpaired) electrons. The van der Waals surface area contributed by atoms with Gasteiger partial charge in [0, 0.05) is 17.8 Å². The fourth-order valence-electron chi connectivity index (χ4n) is 0.875. The first-order valence-electron chi connectivity index (χ1n) is 4.81. The standard InChI is InChI=1S/C6H11N3.2CH4O3S/c1-4-6(3-7)5(2)9-8-4;2*1-5(2,3)4/h3,7H2,1-2H3,(H,8,9);2*1H3,(H,2,3,4). The molecule has 0 aliphatic carbocycles. The van der Waals surface area contributed by atoms with Gasteiger partial charge in [-0.3, -0.25) is 14.2 Å². The van der Waals surface area contributed by atoms with Crippen LogP contribution in [0.3, 0.4) is 0 Å². The van der Waals surface area contributed by atoms with Gasteiger partial charge in [0.15, 0.2) is 0 Å². The topological polar surface area (TPSA) is 163 Å². The van der Waals surface area contributed by atoms with Gasteiger partial charge in [0.25, 0.3) is 20.2 Å². The number of rotatable bonds is 1. The first-order chi connectivity index (χ1) is 8.25. The maximum atomic E-state index is 9.19. The fraction of sp³-hybridized carbons (Fsp3) is 0.625. The van der Waals surface area contributed by atoms with Crippen molar-refractivity contribution < 1.29 is 25.9 Å². The molecule has 1 heterocycles. The molecule has 0 atom stereocenters. The van der Waals surface area contributed by atoms with Crippen LogP contribution in [-0.4, -0.2) is 48.6 Å². The Morgan fingerprint density at radius 3 is 1.53 bits per heavy atom. The van der Waals surface area contributed by atoms with Crippen LogP contribution in [0.5, 0.6) is 0 Å². The third-order valence-electron chi connectivity index (χ3n) is 1.48. The molecule has 11 heteroatoms. The summed E-state index contributed by atoms with van der Waals surface area (Å²) in [6, 6.07) is 0. The van der Waals surface area contributed by atoms with Gasteiger partial charge >= 0.3 is 0 Å². The van der Waals surface area contributed by atoms with Gasteiger partial charge in [0.1, 0.15) is 0 Å². The average Bonchev–Trinajstić information content (AvgIpc) is 2.40. The van der Waals surface area contributed by atoms with E-state index in [1.807, 2.05) is 13.8 Å². The minimum Gasteiger partial charge on any atom is -0.326 e. The lowest BCUT2D eigenvalue weighted by molar-refractivity contribution is 0.488. The van der Waals surface area contributed by atoms with Crippen molar-refractivity contribution >= 4 is 20.2 Å². The smallest absolute Gasteiger partial charge is 0.261 e. The summed E-state index contributed by atoms with van der Waals surface area (Å²) < 4.78 is 51.7. The number of nitrogens with one attached hydrogen (secondary N) is 1. The summed E-state index contributed by atoms with van der Waals surface area (Å²) in [6.45, 7) is 4.50. The van der Waals surface area contributed by atoms with E-state index < -0.39 is 20.2 Å². The Morgan fingerprint density at radius 1 is 1.11 bits per heavy atom. The highest BCUT2D eigenvalue weighted by molar-refractivity contribution is 7.85. The van der Waals surface area contributed by atoms with E-state index >= 15 is 0 Å². The molecule has 1 rings (SSSR count). The van der Waals surface area contributed by atoms with E-state index in [1.165, 1.54) is 0 Å². The lowest BCUT2D eigenvalue weighted by Gasteiger charge is -1.91. The van der Waals surface area contributed by atoms with Crippen LogP contribution in [0.1, 0.15) is 17.0 Å². The predicted molar refractivity (Wildman–Crippen MR) is 70.9 cm³/mol. The molecule has 19 heavy (non-hydrogen) atoms. The molecule has 9 nitrogen and oxygen atoms in total. The van der Waals surface area contributed by atoms with E-state index in [1.54, 1.807) is 0 Å². The van der Waals surface area contributed by atoms with Crippen LogP contribution in [0.15, 0.2) is 0 Å². The van der Waals surface area contributed by atoms with E-state index in [0.717, 1.165) is 17.0 Å². The minimum absolute atomic E-state index is 0.578. The molecule has 5 N–H and O–H groups in total. The highest BCUT2D eigenvalue weighted by atomic mass is 32.2. The molecule has 0 fully saturated rings. The second kappa shape index (κ2) is 8.22. The van der Waals surface area contributed by atoms with Crippen molar-refractivity contribution in [3.8, 4) is 0 Å². The average molecular weight is 317 g/mol. The molecule has 0 unspecified atom stereocenters. The van der Waals surface area contributed by atoms with Crippen molar-refractivity contribution in [3.63, 3.8) is 0 Å². The van der Waals surface area contributed by atoms with Gasteiger partial charge in [0.05, 0.1) is 18.2 Å². The predicted octanol–water partition coefficient (Wildman–Crippen LogP) is -0.507. The number of aromatic amines is 1. The van der Waals surface area contributed by atoms with E-state index in [4.69, 9.17) is 14.8 Å². The Balaban J connectivity index is 0. The van der Waals surface area contributed by atoms with E-state index in [0.29, 0.717) is 19.1 Å². The quantitative estimate of drug-likeness (QED) is 0.503. The van der Waals surface area contributed by atoms with Gasteiger partial charge in [0.2, 0.25) is 0 Å². The highest BCUT2D eigenvalue weighted by Crippen LogP contribution is 2.06. The maximum absolute atomic E-state index is 9.19. The fourth-order valence-corrected chi connectivity index (χ4v) is 0.875. The number of aromatic nitrogens is 2. The number of aryl methyl sites for hydroxylation is 2. The van der Waals surface area contributed by atoms with Crippen LogP contribution in [0.4, 0.5) is 0 Å². The van der Waals surface area contributed by atoms with E-state index in [9.17, 15) is 16.8 Å². The van der Waals surface area contributed by atoms with Crippen LogP contribution in [-0.2, 0) is 26.8 Å². The van der Waals surface area contributed by atoms with Gasteiger partial charge in [-0.25, -0.2) is 0 Å². The third-order valence-corrected chi connectivity index (χ3v) is 1.48. The van der Waals surface area contributed by atoms with Gasteiger partial charge < -0.3 is 5.73 Å². The zero-order valence-corrected chi connectivity index (χ0v) is 12.7. The summed E-state index contributed by atoms with van der Waals surface area (Å²) in [5.74, 6) is 0. The summed E-state index contributed by atoms with van der Waals surface area (Å²) in [6.07, 6.45) is 1.43. The molecular weight excluding hydrogens is 298 g/mol. The second-order valence-corrected chi connectivity index (χ2v) is 6.51. The number of hydrogen-bond acceptors (Lipinski definition) is 6. The summed E-state index contributed by atoms with van der Waals surface area (Å²) in [4.78, 5) is 0. The molecule has 0 saturated carbocycles. The summed E-state index contributed by atoms with van der Waals surface area (Å²) in [7, 11) is -7.33. The molecule has 0 spiro atoms. The zero-order chi connectivity index (χ0) is 15.9. The van der Waals surface area contributed by atoms with Crippen LogP contribution in [0, 0.1) is 13.8 Å². The first-order valence-corrected chi connectivity index (χ1v) is 8.50. The minimum atomic E-state index is -3.67. The molecule has 0 aliphatic heterocycles. The Morgan fingerprint density at radius 2 is 1.42 bits per heavy atom. The van der Waals surface area contributed by atoms with Crippen LogP contribution >= 0.6 is 0 Å². The Labute approximate surface area is 112 Å². The summed E-state index contributed by atoms with van der Waals surface area (Å²) >= 11 is 0. The number of H-pyrrole nitrogens is 1. The van der Waals surface area contributed by atoms with Gasteiger partial charge in [-0.05, 0) is 13.8 Å². The summed E-state index contributed by atoms with van der Waals surface area (Å²) in [5, 5.41) is 6.84. The van der Waals surface area contributed by atoms with Crippen LogP contribution in [0.2, 0.25) is 0 Å². The van der Waals surface area contributed by atoms with Crippen molar-refractivity contribution in [1.29, 1.82) is 0 Å². The lowest BCUT2D eigenvalue weighted by Crippen LogP contribution is -1.98. The molecule has 114 valence electrons. The van der Waals surface area contributed by atoms with Crippen molar-refractivity contribution in [2.24, 2.45) is 5.73 Å². The molecule has 0 aliphatic rings. The van der Waals surface area contributed by atoms with Crippen LogP contribution < -0.4 is 5.73 Å². The summed E-state index contributed by atoms with van der Waals surface area (Å²) in [5.41, 5.74) is 8.66. The molecule has 0 amide bonds. The molecule has 0 aromatic carbocycles. The highest BCUT2D eigenvalue weighted by Gasteiger charge is 2.01. The Bertz CT molecular complexity index is 510. The van der Waals surface area contributed by atoms with Crippen molar-refractivity contribution in [2.75, 3.05) is 12.5 Å². The number of hydrogen-bond donors (Lipinski definition) is 4. The number of nitrogens with zero attached hydrogens (tertiary/aromatic N) is 1. The maximum Gasteiger partial charge on any atom is 0.261 e. The van der Waals surface area contributed by atoms with Crippen molar-refractivity contribution in [2.45, 2.75) is 20.4 Å². The lowest BCUT2D eigenvalue weighted by atomic mass is 10.2. The van der Waals surface area contributed by atoms with Crippen LogP contribution in [0.25, 0.3) is 0 Å². The largest absolute Gasteiger partial charge is 0.326 e. The molecule has 1 aromatic rings. The Hall–Kier alpha value is -1.01. The molecule has 0 bridgehead atoms. The van der Waals surface area contributed by atoms with Gasteiger partial charge in [-0.15, -0.1) is 0 Å². The second-order valence-electron chi connectivity index (χ2n) is 3.58. The molecule has 1 aromatic heterocycles. The van der Waals surface area contributed by atoms with E-state index in [-0.39, 0.29) is 0 Å². The normalized spacial score (nSPS) is 10.9. The first kappa shape index (κ1) is 20.3. The van der Waals surface area contributed by atoms with Gasteiger partial charge in [-0.2, -0.15) is 21.9 Å². The molecule has 0 saturated heterocycles. The Kier molecular flexibility index (Phi) is 8.79. The monoisotopic (exact) mass is 317 g/mol. The SMILES string of the molecule is CS(=O)(=O)O.CS(=O)(=O)O.Cc1n[nH]c(C)c1CN.